The Morgan fingerprint density at radius 3 is 1.89 bits per heavy atom. The number of rotatable bonds is 9. The molecule has 0 fully saturated rings. The molecule has 0 aliphatic rings. The van der Waals surface area contributed by atoms with Gasteiger partial charge in [0.1, 0.15) is 0 Å². The maximum absolute atomic E-state index is 11.4. The number of carbonyl (C=O) groups is 1. The Hall–Kier alpha value is -0.620. The van der Waals surface area contributed by atoms with Crippen molar-refractivity contribution in [1.29, 1.82) is 0 Å². The average molecular weight is 294 g/mol. The summed E-state index contributed by atoms with van der Waals surface area (Å²) in [5, 5.41) is -1.28. The number of hydrogen-bond donors (Lipinski definition) is 0. The second-order valence-electron chi connectivity index (χ2n) is 5.45. The van der Waals surface area contributed by atoms with E-state index in [1.165, 1.54) is 0 Å². The summed E-state index contributed by atoms with van der Waals surface area (Å²) in [6.07, 6.45) is 3.02. The van der Waals surface area contributed by atoms with Crippen molar-refractivity contribution >= 4 is 15.4 Å². The summed E-state index contributed by atoms with van der Waals surface area (Å²) in [6.45, 7) is 8.33. The summed E-state index contributed by atoms with van der Waals surface area (Å²) in [7, 11) is -4.22. The predicted molar refractivity (Wildman–Crippen MR) is 74.4 cm³/mol. The average Bonchev–Trinajstić information content (AvgIpc) is 2.29. The molecule has 0 spiro atoms. The lowest BCUT2D eigenvalue weighted by molar-refractivity contribution is 0.162. The van der Waals surface area contributed by atoms with E-state index in [9.17, 15) is 13.2 Å². The summed E-state index contributed by atoms with van der Waals surface area (Å²) in [4.78, 5) is 11.3. The second-order valence-corrected chi connectivity index (χ2v) is 6.92. The fraction of sp³-hybridized carbons (Fsp3) is 0.923. The number of hydrogen-bond acceptors (Lipinski definition) is 5. The lowest BCUT2D eigenvalue weighted by Gasteiger charge is -2.08. The van der Waals surface area contributed by atoms with Crippen LogP contribution in [0.15, 0.2) is 0 Å². The van der Waals surface area contributed by atoms with Gasteiger partial charge in [0.15, 0.2) is 0 Å². The molecule has 0 saturated heterocycles. The van der Waals surface area contributed by atoms with E-state index in [1.807, 2.05) is 13.8 Å². The molecule has 6 heteroatoms. The molecular formula is C13H26O5S. The highest BCUT2D eigenvalue weighted by molar-refractivity contribution is 8.01. The molecule has 0 aliphatic carbocycles. The van der Waals surface area contributed by atoms with Crippen molar-refractivity contribution < 1.29 is 22.1 Å². The SMILES string of the molecule is CC(C)CCCOC(=O)S(=O)(=O)OCCCC(C)C. The van der Waals surface area contributed by atoms with E-state index in [0.29, 0.717) is 24.7 Å². The molecule has 0 aromatic carbocycles. The summed E-state index contributed by atoms with van der Waals surface area (Å²) in [5.41, 5.74) is 0. The van der Waals surface area contributed by atoms with Crippen molar-refractivity contribution in [2.45, 2.75) is 53.4 Å². The predicted octanol–water partition coefficient (Wildman–Crippen LogP) is 3.34. The van der Waals surface area contributed by atoms with Crippen LogP contribution in [0.5, 0.6) is 0 Å². The van der Waals surface area contributed by atoms with Gasteiger partial charge in [0, 0.05) is 0 Å². The van der Waals surface area contributed by atoms with E-state index < -0.39 is 15.4 Å². The normalized spacial score (nSPS) is 12.1. The van der Waals surface area contributed by atoms with Crippen LogP contribution in [0.25, 0.3) is 0 Å². The largest absolute Gasteiger partial charge is 0.452 e. The third-order valence-corrected chi connectivity index (χ3v) is 3.52. The van der Waals surface area contributed by atoms with Gasteiger partial charge in [-0.05, 0) is 37.5 Å². The Kier molecular flexibility index (Phi) is 9.01. The van der Waals surface area contributed by atoms with Crippen LogP contribution in [-0.4, -0.2) is 26.9 Å². The van der Waals surface area contributed by atoms with Gasteiger partial charge in [0.05, 0.1) is 13.2 Å². The van der Waals surface area contributed by atoms with Gasteiger partial charge in [-0.1, -0.05) is 27.7 Å². The minimum absolute atomic E-state index is 0.0294. The molecule has 5 nitrogen and oxygen atoms in total. The van der Waals surface area contributed by atoms with Gasteiger partial charge in [-0.15, -0.1) is 0 Å². The third-order valence-electron chi connectivity index (χ3n) is 2.51. The molecule has 0 atom stereocenters. The van der Waals surface area contributed by atoms with Crippen molar-refractivity contribution in [1.82, 2.24) is 0 Å². The van der Waals surface area contributed by atoms with Crippen LogP contribution in [0.3, 0.4) is 0 Å². The Morgan fingerprint density at radius 2 is 1.42 bits per heavy atom. The van der Waals surface area contributed by atoms with Crippen LogP contribution in [0.4, 0.5) is 4.79 Å². The fourth-order valence-electron chi connectivity index (χ4n) is 1.43. The number of carbonyl (C=O) groups excluding carboxylic acids is 1. The molecule has 0 rings (SSSR count). The lowest BCUT2D eigenvalue weighted by atomic mass is 10.1. The zero-order valence-corrected chi connectivity index (χ0v) is 13.2. The topological polar surface area (TPSA) is 69.7 Å². The zero-order valence-electron chi connectivity index (χ0n) is 12.3. The summed E-state index contributed by atoms with van der Waals surface area (Å²) >= 11 is 0. The minimum atomic E-state index is -4.22. The van der Waals surface area contributed by atoms with Crippen LogP contribution < -0.4 is 0 Å². The Bertz CT molecular complexity index is 346. The van der Waals surface area contributed by atoms with Crippen molar-refractivity contribution in [3.05, 3.63) is 0 Å². The van der Waals surface area contributed by atoms with Gasteiger partial charge in [-0.3, -0.25) is 4.18 Å². The second kappa shape index (κ2) is 9.31. The van der Waals surface area contributed by atoms with Crippen LogP contribution in [0.1, 0.15) is 53.4 Å². The summed E-state index contributed by atoms with van der Waals surface area (Å²) < 4.78 is 32.1. The first kappa shape index (κ1) is 18.4. The maximum atomic E-state index is 11.4. The molecule has 0 aromatic rings. The molecule has 0 saturated carbocycles. The van der Waals surface area contributed by atoms with E-state index in [2.05, 4.69) is 22.8 Å². The van der Waals surface area contributed by atoms with E-state index in [1.54, 1.807) is 0 Å². The molecular weight excluding hydrogens is 268 g/mol. The summed E-state index contributed by atoms with van der Waals surface area (Å²) in [5.74, 6) is 0.983. The lowest BCUT2D eigenvalue weighted by Crippen LogP contribution is -2.20. The third kappa shape index (κ3) is 9.90. The van der Waals surface area contributed by atoms with Gasteiger partial charge < -0.3 is 4.74 Å². The molecule has 0 bridgehead atoms. The quantitative estimate of drug-likeness (QED) is 0.370. The van der Waals surface area contributed by atoms with Crippen LogP contribution in [-0.2, 0) is 19.0 Å². The van der Waals surface area contributed by atoms with Gasteiger partial charge in [-0.2, -0.15) is 8.42 Å². The first-order chi connectivity index (χ1) is 8.75. The first-order valence-electron chi connectivity index (χ1n) is 6.82. The Morgan fingerprint density at radius 1 is 0.947 bits per heavy atom. The molecule has 0 radical (unpaired) electrons. The molecule has 0 amide bonds. The molecule has 0 aromatic heterocycles. The van der Waals surface area contributed by atoms with Crippen molar-refractivity contribution in [3.63, 3.8) is 0 Å². The number of ether oxygens (including phenoxy) is 1. The fourth-order valence-corrected chi connectivity index (χ4v) is 2.09. The van der Waals surface area contributed by atoms with Gasteiger partial charge in [0.25, 0.3) is 0 Å². The zero-order chi connectivity index (χ0) is 14.9. The molecule has 0 unspecified atom stereocenters. The maximum Gasteiger partial charge on any atom is 0.451 e. The molecule has 114 valence electrons. The van der Waals surface area contributed by atoms with Crippen molar-refractivity contribution in [2.24, 2.45) is 11.8 Å². The smallest absolute Gasteiger partial charge is 0.451 e. The Balaban J connectivity index is 3.88. The monoisotopic (exact) mass is 294 g/mol. The molecule has 0 N–H and O–H groups in total. The first-order valence-corrected chi connectivity index (χ1v) is 8.22. The van der Waals surface area contributed by atoms with Crippen LogP contribution >= 0.6 is 0 Å². The van der Waals surface area contributed by atoms with Crippen molar-refractivity contribution in [3.8, 4) is 0 Å². The summed E-state index contributed by atoms with van der Waals surface area (Å²) in [6, 6.07) is 0. The molecule has 19 heavy (non-hydrogen) atoms. The van der Waals surface area contributed by atoms with E-state index in [0.717, 1.165) is 12.8 Å². The van der Waals surface area contributed by atoms with Gasteiger partial charge >= 0.3 is 15.4 Å². The van der Waals surface area contributed by atoms with E-state index >= 15 is 0 Å². The highest BCUT2D eigenvalue weighted by atomic mass is 32.2. The van der Waals surface area contributed by atoms with Crippen LogP contribution in [0.2, 0.25) is 0 Å². The highest BCUT2D eigenvalue weighted by Gasteiger charge is 2.24. The van der Waals surface area contributed by atoms with E-state index in [-0.39, 0.29) is 13.2 Å². The van der Waals surface area contributed by atoms with E-state index in [4.69, 9.17) is 0 Å². The minimum Gasteiger partial charge on any atom is -0.452 e. The van der Waals surface area contributed by atoms with Gasteiger partial charge in [0.2, 0.25) is 0 Å². The molecule has 0 heterocycles. The van der Waals surface area contributed by atoms with Crippen LogP contribution in [0, 0.1) is 11.8 Å². The Labute approximate surface area is 116 Å². The molecule has 0 aliphatic heterocycles. The standard InChI is InChI=1S/C13H26O5S/c1-11(2)7-5-9-17-13(14)19(15,16)18-10-6-8-12(3)4/h11-12H,5-10H2,1-4H3. The van der Waals surface area contributed by atoms with Gasteiger partial charge in [-0.25, -0.2) is 4.79 Å². The van der Waals surface area contributed by atoms with Crippen molar-refractivity contribution in [2.75, 3.05) is 13.2 Å². The highest BCUT2D eigenvalue weighted by Crippen LogP contribution is 2.08.